The molecule has 0 fully saturated rings. The van der Waals surface area contributed by atoms with E-state index < -0.39 is 4.92 Å². The highest BCUT2D eigenvalue weighted by molar-refractivity contribution is 5.58. The summed E-state index contributed by atoms with van der Waals surface area (Å²) in [4.78, 5) is 9.59. The first-order chi connectivity index (χ1) is 9.27. The summed E-state index contributed by atoms with van der Waals surface area (Å²) in [5.74, 6) is 0.991. The van der Waals surface area contributed by atoms with Gasteiger partial charge in [0.25, 0.3) is 5.69 Å². The molecule has 0 amide bonds. The number of benzene rings is 2. The molecule has 2 aromatic carbocycles. The first kappa shape index (κ1) is 12.8. The Morgan fingerprint density at radius 1 is 1.00 bits per heavy atom. The van der Waals surface area contributed by atoms with Crippen LogP contribution in [0.15, 0.2) is 60.7 Å². The normalized spacial score (nSPS) is 11.6. The maximum absolute atomic E-state index is 10.0. The van der Waals surface area contributed by atoms with E-state index in [2.05, 4.69) is 6.08 Å². The number of rotatable bonds is 1. The van der Waals surface area contributed by atoms with Crippen molar-refractivity contribution in [1.82, 2.24) is 0 Å². The molecule has 1 heterocycles. The zero-order valence-corrected chi connectivity index (χ0v) is 10.2. The highest BCUT2D eigenvalue weighted by Gasteiger charge is 2.01. The molecule has 4 heteroatoms. The number of fused-ring (bicyclic) bond motifs is 1. The minimum atomic E-state index is -0.417. The number of hydrogen-bond donors (Lipinski definition) is 0. The van der Waals surface area contributed by atoms with Gasteiger partial charge < -0.3 is 4.74 Å². The fraction of sp³-hybridized carbons (Fsp3) is 0.0667. The molecular weight excluding hydrogens is 242 g/mol. The third kappa shape index (κ3) is 3.67. The van der Waals surface area contributed by atoms with Crippen molar-refractivity contribution in [3.63, 3.8) is 0 Å². The summed E-state index contributed by atoms with van der Waals surface area (Å²) >= 11 is 0. The quantitative estimate of drug-likeness (QED) is 0.577. The lowest BCUT2D eigenvalue weighted by Crippen LogP contribution is -1.98. The Bertz CT molecular complexity index is 579. The van der Waals surface area contributed by atoms with Crippen LogP contribution in [-0.2, 0) is 0 Å². The topological polar surface area (TPSA) is 52.4 Å². The van der Waals surface area contributed by atoms with Gasteiger partial charge in [-0.15, -0.1) is 0 Å². The van der Waals surface area contributed by atoms with Gasteiger partial charge in [0.1, 0.15) is 12.4 Å². The molecule has 0 N–H and O–H groups in total. The van der Waals surface area contributed by atoms with Gasteiger partial charge in [-0.2, -0.15) is 0 Å². The maximum atomic E-state index is 10.0. The van der Waals surface area contributed by atoms with Crippen LogP contribution in [-0.4, -0.2) is 11.5 Å². The highest BCUT2D eigenvalue weighted by Crippen LogP contribution is 2.21. The second-order valence-corrected chi connectivity index (χ2v) is 3.84. The van der Waals surface area contributed by atoms with E-state index in [0.29, 0.717) is 6.61 Å². The molecule has 0 radical (unpaired) electrons. The number of hydrogen-bond acceptors (Lipinski definition) is 3. The summed E-state index contributed by atoms with van der Waals surface area (Å²) in [6, 6.07) is 16.0. The molecule has 0 spiro atoms. The Kier molecular flexibility index (Phi) is 4.29. The minimum Gasteiger partial charge on any atom is -0.489 e. The van der Waals surface area contributed by atoms with E-state index >= 15 is 0 Å². The van der Waals surface area contributed by atoms with Crippen LogP contribution in [0.4, 0.5) is 5.69 Å². The van der Waals surface area contributed by atoms with Gasteiger partial charge in [0.2, 0.25) is 0 Å². The third-order valence-electron chi connectivity index (χ3n) is 2.52. The average Bonchev–Trinajstić information content (AvgIpc) is 2.49. The molecule has 0 bridgehead atoms. The van der Waals surface area contributed by atoms with Crippen molar-refractivity contribution in [2.24, 2.45) is 0 Å². The van der Waals surface area contributed by atoms with Crippen LogP contribution >= 0.6 is 0 Å². The van der Waals surface area contributed by atoms with E-state index in [0.717, 1.165) is 5.75 Å². The Morgan fingerprint density at radius 3 is 2.32 bits per heavy atom. The van der Waals surface area contributed by atoms with Gasteiger partial charge in [-0.1, -0.05) is 42.5 Å². The van der Waals surface area contributed by atoms with Crippen LogP contribution in [0, 0.1) is 10.1 Å². The monoisotopic (exact) mass is 255 g/mol. The lowest BCUT2D eigenvalue weighted by Gasteiger charge is -2.10. The van der Waals surface area contributed by atoms with E-state index in [4.69, 9.17) is 4.74 Å². The van der Waals surface area contributed by atoms with Crippen LogP contribution < -0.4 is 4.74 Å². The van der Waals surface area contributed by atoms with Crippen molar-refractivity contribution in [2.45, 2.75) is 0 Å². The standard InChI is InChI=1S/C9H8O.C6H5NO2/c1-2-6-9-8(4-1)5-3-7-10-9;8-7(9)6-4-2-1-3-5-6/h1-6H,7H2;1-5H. The number of nitrogens with zero attached hydrogens (tertiary/aromatic N) is 1. The van der Waals surface area contributed by atoms with Gasteiger partial charge in [-0.3, -0.25) is 10.1 Å². The molecule has 0 atom stereocenters. The largest absolute Gasteiger partial charge is 0.489 e. The Labute approximate surface area is 111 Å². The molecular formula is C15H13NO3. The second-order valence-electron chi connectivity index (χ2n) is 3.84. The Hall–Kier alpha value is -2.62. The number of non-ortho nitro benzene ring substituents is 1. The van der Waals surface area contributed by atoms with Crippen molar-refractivity contribution in [1.29, 1.82) is 0 Å². The summed E-state index contributed by atoms with van der Waals surface area (Å²) in [7, 11) is 0. The predicted octanol–water partition coefficient (Wildman–Crippen LogP) is 3.69. The summed E-state index contributed by atoms with van der Waals surface area (Å²) < 4.78 is 5.34. The first-order valence-electron chi connectivity index (χ1n) is 5.85. The third-order valence-corrected chi connectivity index (χ3v) is 2.52. The Morgan fingerprint density at radius 2 is 1.68 bits per heavy atom. The molecule has 0 aliphatic carbocycles. The smallest absolute Gasteiger partial charge is 0.269 e. The molecule has 0 saturated heterocycles. The van der Waals surface area contributed by atoms with E-state index in [1.165, 1.54) is 17.7 Å². The second kappa shape index (κ2) is 6.35. The van der Waals surface area contributed by atoms with Crippen LogP contribution in [0.25, 0.3) is 6.08 Å². The van der Waals surface area contributed by atoms with Gasteiger partial charge in [0.15, 0.2) is 0 Å². The first-order valence-corrected chi connectivity index (χ1v) is 5.85. The molecule has 96 valence electrons. The number of nitro benzene ring substituents is 1. The van der Waals surface area contributed by atoms with Crippen LogP contribution in [0.1, 0.15) is 5.56 Å². The Balaban J connectivity index is 0.000000141. The van der Waals surface area contributed by atoms with Crippen LogP contribution in [0.5, 0.6) is 5.75 Å². The SMILES string of the molecule is C1=Cc2ccccc2OC1.O=[N+]([O-])c1ccccc1. The van der Waals surface area contributed by atoms with Gasteiger partial charge in [0.05, 0.1) is 4.92 Å². The van der Waals surface area contributed by atoms with E-state index in [9.17, 15) is 10.1 Å². The predicted molar refractivity (Wildman–Crippen MR) is 74.1 cm³/mol. The summed E-state index contributed by atoms with van der Waals surface area (Å²) in [6.45, 7) is 0.705. The fourth-order valence-electron chi connectivity index (χ4n) is 1.61. The van der Waals surface area contributed by atoms with Crippen molar-refractivity contribution >= 4 is 11.8 Å². The maximum Gasteiger partial charge on any atom is 0.269 e. The van der Waals surface area contributed by atoms with Crippen molar-refractivity contribution in [3.05, 3.63) is 76.4 Å². The molecule has 1 aliphatic heterocycles. The van der Waals surface area contributed by atoms with E-state index in [-0.39, 0.29) is 5.69 Å². The summed E-state index contributed by atoms with van der Waals surface area (Å²) in [5, 5.41) is 10.0. The van der Waals surface area contributed by atoms with Gasteiger partial charge in [-0.05, 0) is 12.1 Å². The van der Waals surface area contributed by atoms with E-state index in [1.54, 1.807) is 18.2 Å². The molecule has 19 heavy (non-hydrogen) atoms. The molecule has 2 aromatic rings. The lowest BCUT2D eigenvalue weighted by atomic mass is 10.1. The minimum absolute atomic E-state index is 0.137. The number of ether oxygens (including phenoxy) is 1. The summed E-state index contributed by atoms with van der Waals surface area (Å²) in [6.07, 6.45) is 4.10. The molecule has 0 unspecified atom stereocenters. The molecule has 4 nitrogen and oxygen atoms in total. The number of nitro groups is 1. The van der Waals surface area contributed by atoms with E-state index in [1.807, 2.05) is 30.3 Å². The lowest BCUT2D eigenvalue weighted by molar-refractivity contribution is -0.384. The van der Waals surface area contributed by atoms with Crippen molar-refractivity contribution in [3.8, 4) is 5.75 Å². The van der Waals surface area contributed by atoms with Crippen LogP contribution in [0.2, 0.25) is 0 Å². The molecule has 0 aromatic heterocycles. The molecule has 0 saturated carbocycles. The zero-order valence-electron chi connectivity index (χ0n) is 10.2. The van der Waals surface area contributed by atoms with Gasteiger partial charge >= 0.3 is 0 Å². The van der Waals surface area contributed by atoms with Crippen LogP contribution in [0.3, 0.4) is 0 Å². The molecule has 1 aliphatic rings. The van der Waals surface area contributed by atoms with Crippen molar-refractivity contribution in [2.75, 3.05) is 6.61 Å². The van der Waals surface area contributed by atoms with Gasteiger partial charge in [-0.25, -0.2) is 0 Å². The average molecular weight is 255 g/mol. The molecule has 3 rings (SSSR count). The number of para-hydroxylation sites is 2. The summed E-state index contributed by atoms with van der Waals surface area (Å²) in [5.41, 5.74) is 1.31. The van der Waals surface area contributed by atoms with Gasteiger partial charge in [0, 0.05) is 17.7 Å². The van der Waals surface area contributed by atoms with Crippen molar-refractivity contribution < 1.29 is 9.66 Å². The zero-order chi connectivity index (χ0) is 13.5. The fourth-order valence-corrected chi connectivity index (χ4v) is 1.61. The highest BCUT2D eigenvalue weighted by atomic mass is 16.6.